The summed E-state index contributed by atoms with van der Waals surface area (Å²) in [6, 6.07) is 1.20. The van der Waals surface area contributed by atoms with Gasteiger partial charge in [0.05, 0.1) is 25.7 Å². The highest BCUT2D eigenvalue weighted by Crippen LogP contribution is 2.45. The van der Waals surface area contributed by atoms with Gasteiger partial charge in [-0.15, -0.1) is 0 Å². The zero-order valence-corrected chi connectivity index (χ0v) is 18.1. The van der Waals surface area contributed by atoms with Crippen molar-refractivity contribution in [2.75, 3.05) is 18.0 Å². The van der Waals surface area contributed by atoms with Gasteiger partial charge in [0.1, 0.15) is 11.4 Å². The normalized spacial score (nSPS) is 24.9. The number of hydrogen-bond acceptors (Lipinski definition) is 4. The summed E-state index contributed by atoms with van der Waals surface area (Å²) in [6.07, 6.45) is 3.07. The third-order valence-corrected chi connectivity index (χ3v) is 7.73. The second kappa shape index (κ2) is 7.14. The van der Waals surface area contributed by atoms with Crippen molar-refractivity contribution in [3.8, 4) is 0 Å². The summed E-state index contributed by atoms with van der Waals surface area (Å²) in [5, 5.41) is 9.54. The predicted molar refractivity (Wildman–Crippen MR) is 115 cm³/mol. The maximum atomic E-state index is 15.2. The van der Waals surface area contributed by atoms with E-state index in [2.05, 4.69) is 29.5 Å². The quantitative estimate of drug-likeness (QED) is 0.366. The molecule has 2 aliphatic rings. The summed E-state index contributed by atoms with van der Waals surface area (Å²) in [5.74, 6) is -1.47. The van der Waals surface area contributed by atoms with Crippen LogP contribution in [0.1, 0.15) is 36.2 Å². The van der Waals surface area contributed by atoms with Crippen LogP contribution < -0.4 is 16.1 Å². The number of nitrogens with two attached hydrogens (primary N) is 1. The van der Waals surface area contributed by atoms with E-state index in [-0.39, 0.29) is 43.6 Å². The number of fused-ring (bicyclic) bond motifs is 1. The van der Waals surface area contributed by atoms with Crippen LogP contribution in [0.2, 0.25) is 5.02 Å². The fourth-order valence-corrected chi connectivity index (χ4v) is 6.00. The Kier molecular flexibility index (Phi) is 5.08. The van der Waals surface area contributed by atoms with Crippen LogP contribution >= 0.6 is 34.2 Å². The van der Waals surface area contributed by atoms with E-state index in [0.717, 1.165) is 18.9 Å². The van der Waals surface area contributed by atoms with Crippen molar-refractivity contribution in [3.05, 3.63) is 38.9 Å². The number of carbonyl (C=O) groups is 1. The highest BCUT2D eigenvalue weighted by molar-refractivity contribution is 14.1. The van der Waals surface area contributed by atoms with Gasteiger partial charge in [-0.25, -0.2) is 9.18 Å². The van der Waals surface area contributed by atoms with Gasteiger partial charge in [-0.1, -0.05) is 41.1 Å². The van der Waals surface area contributed by atoms with Crippen LogP contribution in [-0.4, -0.2) is 32.8 Å². The number of halogens is 3. The molecule has 1 aromatic carbocycles. The molecule has 150 valence electrons. The smallest absolute Gasteiger partial charge is 0.341 e. The lowest BCUT2D eigenvalue weighted by Gasteiger charge is -2.27. The SMILES string of the molecule is CC1CN(c2c(F)cc3c(=O)c(C(=O)O)cn(C4CC4)c3c2Cl)C(I)C1CN. The third-order valence-electron chi connectivity index (χ3n) is 5.78. The summed E-state index contributed by atoms with van der Waals surface area (Å²) >= 11 is 8.95. The van der Waals surface area contributed by atoms with Crippen LogP contribution in [0.25, 0.3) is 10.9 Å². The number of alkyl halides is 1. The molecule has 1 aliphatic carbocycles. The van der Waals surface area contributed by atoms with E-state index >= 15 is 4.39 Å². The molecule has 0 bridgehead atoms. The van der Waals surface area contributed by atoms with Crippen molar-refractivity contribution in [3.63, 3.8) is 0 Å². The predicted octanol–water partition coefficient (Wildman–Crippen LogP) is 3.62. The van der Waals surface area contributed by atoms with Gasteiger partial charge in [0, 0.05) is 24.7 Å². The Morgan fingerprint density at radius 2 is 2.14 bits per heavy atom. The molecule has 1 aliphatic heterocycles. The number of rotatable bonds is 4. The lowest BCUT2D eigenvalue weighted by atomic mass is 9.99. The van der Waals surface area contributed by atoms with Gasteiger partial charge >= 0.3 is 5.97 Å². The molecule has 3 N–H and O–H groups in total. The zero-order valence-electron chi connectivity index (χ0n) is 15.2. The summed E-state index contributed by atoms with van der Waals surface area (Å²) < 4.78 is 16.9. The highest BCUT2D eigenvalue weighted by Gasteiger charge is 2.40. The van der Waals surface area contributed by atoms with E-state index in [1.54, 1.807) is 4.57 Å². The zero-order chi connectivity index (χ0) is 20.3. The molecule has 0 radical (unpaired) electrons. The molecule has 1 saturated carbocycles. The Balaban J connectivity index is 1.98. The number of pyridine rings is 1. The number of carboxylic acid groups (broad SMARTS) is 1. The van der Waals surface area contributed by atoms with E-state index < -0.39 is 17.2 Å². The summed E-state index contributed by atoms with van der Waals surface area (Å²) in [5.41, 5.74) is 5.48. The minimum atomic E-state index is -1.33. The topological polar surface area (TPSA) is 88.6 Å². The molecular weight excluding hydrogens is 500 g/mol. The first kappa shape index (κ1) is 19.9. The van der Waals surface area contributed by atoms with Crippen LogP contribution in [0.3, 0.4) is 0 Å². The number of hydrogen-bond donors (Lipinski definition) is 2. The number of anilines is 1. The highest BCUT2D eigenvalue weighted by atomic mass is 127. The van der Waals surface area contributed by atoms with Crippen LogP contribution in [-0.2, 0) is 0 Å². The summed E-state index contributed by atoms with van der Waals surface area (Å²) in [7, 11) is 0. The standard InChI is InChI=1S/C19H20ClFIN3O3/c1-8-6-25(18(22)11(8)5-23)16-13(21)4-10-15(14(16)20)24(9-2-3-9)7-12(17(10)26)19(27)28/h4,7-9,11,18H,2-3,5-6,23H2,1H3,(H,27,28). The van der Waals surface area contributed by atoms with Crippen molar-refractivity contribution >= 4 is 56.8 Å². The van der Waals surface area contributed by atoms with E-state index in [1.165, 1.54) is 6.20 Å². The lowest BCUT2D eigenvalue weighted by Crippen LogP contribution is -2.31. The van der Waals surface area contributed by atoms with Crippen molar-refractivity contribution < 1.29 is 14.3 Å². The van der Waals surface area contributed by atoms with Crippen molar-refractivity contribution in [1.82, 2.24) is 4.57 Å². The minimum Gasteiger partial charge on any atom is -0.477 e. The van der Waals surface area contributed by atoms with E-state index in [4.69, 9.17) is 17.3 Å². The molecule has 28 heavy (non-hydrogen) atoms. The molecule has 0 spiro atoms. The van der Waals surface area contributed by atoms with E-state index in [1.807, 2.05) is 4.90 Å². The molecule has 6 nitrogen and oxygen atoms in total. The molecular formula is C19H20ClFIN3O3. The second-order valence-electron chi connectivity index (χ2n) is 7.63. The van der Waals surface area contributed by atoms with Crippen LogP contribution in [0.4, 0.5) is 10.1 Å². The Morgan fingerprint density at radius 3 is 2.68 bits per heavy atom. The summed E-state index contributed by atoms with van der Waals surface area (Å²) in [4.78, 5) is 26.1. The van der Waals surface area contributed by atoms with Crippen LogP contribution in [0.5, 0.6) is 0 Å². The van der Waals surface area contributed by atoms with Crippen LogP contribution in [0, 0.1) is 17.7 Å². The number of carboxylic acids is 1. The minimum absolute atomic E-state index is 0.00526. The maximum Gasteiger partial charge on any atom is 0.341 e. The Hall–Kier alpha value is -1.39. The number of aromatic carboxylic acids is 1. The average molecular weight is 520 g/mol. The van der Waals surface area contributed by atoms with Gasteiger partial charge in [-0.05, 0) is 31.4 Å². The van der Waals surface area contributed by atoms with E-state index in [0.29, 0.717) is 18.6 Å². The first-order valence-electron chi connectivity index (χ1n) is 9.17. The van der Waals surface area contributed by atoms with Gasteiger partial charge in [0.25, 0.3) is 0 Å². The molecule has 9 heteroatoms. The first-order valence-corrected chi connectivity index (χ1v) is 10.8. The number of aromatic nitrogens is 1. The van der Waals surface area contributed by atoms with Crippen molar-refractivity contribution in [1.29, 1.82) is 0 Å². The average Bonchev–Trinajstić information content (AvgIpc) is 3.42. The summed E-state index contributed by atoms with van der Waals surface area (Å²) in [6.45, 7) is 3.18. The molecule has 1 saturated heterocycles. The molecule has 3 unspecified atom stereocenters. The van der Waals surface area contributed by atoms with Gasteiger partial charge in [0.2, 0.25) is 5.43 Å². The molecule has 2 heterocycles. The van der Waals surface area contributed by atoms with Gasteiger partial charge in [-0.3, -0.25) is 4.79 Å². The van der Waals surface area contributed by atoms with Gasteiger partial charge in [-0.2, -0.15) is 0 Å². The van der Waals surface area contributed by atoms with Gasteiger partial charge < -0.3 is 20.3 Å². The van der Waals surface area contributed by atoms with E-state index in [9.17, 15) is 14.7 Å². The molecule has 4 rings (SSSR count). The number of nitrogens with zero attached hydrogens (tertiary/aromatic N) is 2. The number of benzene rings is 1. The van der Waals surface area contributed by atoms with Crippen molar-refractivity contribution in [2.45, 2.75) is 29.9 Å². The molecule has 2 aromatic rings. The Labute approximate surface area is 179 Å². The second-order valence-corrected chi connectivity index (χ2v) is 9.29. The molecule has 2 fully saturated rings. The Morgan fingerprint density at radius 1 is 1.46 bits per heavy atom. The first-order chi connectivity index (χ1) is 13.3. The van der Waals surface area contributed by atoms with Gasteiger partial charge in [0.15, 0.2) is 0 Å². The fourth-order valence-electron chi connectivity index (χ4n) is 4.10. The van der Waals surface area contributed by atoms with Crippen LogP contribution in [0.15, 0.2) is 17.1 Å². The Bertz CT molecular complexity index is 1040. The lowest BCUT2D eigenvalue weighted by molar-refractivity contribution is 0.0695. The largest absolute Gasteiger partial charge is 0.477 e. The molecule has 1 aromatic heterocycles. The molecule has 3 atom stereocenters. The monoisotopic (exact) mass is 519 g/mol. The fraction of sp³-hybridized carbons (Fsp3) is 0.474. The molecule has 0 amide bonds. The van der Waals surface area contributed by atoms with Crippen molar-refractivity contribution in [2.24, 2.45) is 17.6 Å². The third kappa shape index (κ3) is 3.00. The maximum absolute atomic E-state index is 15.2.